The molecule has 0 spiro atoms. The van der Waals surface area contributed by atoms with E-state index in [0.29, 0.717) is 32.3 Å². The minimum atomic E-state index is -0.212. The summed E-state index contributed by atoms with van der Waals surface area (Å²) in [4.78, 5) is 28.5. The third-order valence-corrected chi connectivity index (χ3v) is 4.70. The van der Waals surface area contributed by atoms with Crippen LogP contribution in [0.15, 0.2) is 0 Å². The van der Waals surface area contributed by atoms with Gasteiger partial charge >= 0.3 is 0 Å². The Balaban J connectivity index is 0.00000144. The van der Waals surface area contributed by atoms with Crippen molar-refractivity contribution in [1.82, 2.24) is 20.4 Å². The summed E-state index contributed by atoms with van der Waals surface area (Å²) in [6.07, 6.45) is 2.22. The topological polar surface area (TPSA) is 73.9 Å². The Kier molecular flexibility index (Phi) is 8.73. The number of halogens is 2. The molecule has 24 heavy (non-hydrogen) atoms. The molecule has 2 heterocycles. The van der Waals surface area contributed by atoms with Gasteiger partial charge in [-0.25, -0.2) is 0 Å². The number of nitrogens with one attached hydrogen (secondary N) is 2. The molecule has 2 amide bonds. The van der Waals surface area contributed by atoms with E-state index in [0.717, 1.165) is 32.5 Å². The monoisotopic (exact) mass is 382 g/mol. The maximum atomic E-state index is 12.4. The molecule has 7 nitrogen and oxygen atoms in total. The van der Waals surface area contributed by atoms with Crippen LogP contribution in [0, 0.1) is 0 Å². The molecule has 9 heteroatoms. The number of hydrogen-bond acceptors (Lipinski definition) is 5. The highest BCUT2D eigenvalue weighted by Gasteiger charge is 2.32. The maximum Gasteiger partial charge on any atom is 0.242 e. The first-order chi connectivity index (χ1) is 10.6. The van der Waals surface area contributed by atoms with Crippen LogP contribution in [0.1, 0.15) is 19.8 Å². The molecule has 0 aromatic carbocycles. The molecule has 1 saturated carbocycles. The van der Waals surface area contributed by atoms with Gasteiger partial charge in [-0.15, -0.1) is 24.8 Å². The van der Waals surface area contributed by atoms with Crippen LogP contribution in [0.2, 0.25) is 0 Å². The van der Waals surface area contributed by atoms with E-state index in [-0.39, 0.29) is 48.7 Å². The molecule has 3 rings (SSSR count). The second-order valence-electron chi connectivity index (χ2n) is 6.40. The third-order valence-electron chi connectivity index (χ3n) is 4.70. The van der Waals surface area contributed by atoms with Crippen LogP contribution in [0.25, 0.3) is 0 Å². The highest BCUT2D eigenvalue weighted by molar-refractivity contribution is 5.85. The molecule has 1 aliphatic carbocycles. The van der Waals surface area contributed by atoms with Crippen molar-refractivity contribution in [3.05, 3.63) is 0 Å². The van der Waals surface area contributed by atoms with E-state index < -0.39 is 0 Å². The van der Waals surface area contributed by atoms with Crippen molar-refractivity contribution >= 4 is 36.6 Å². The molecule has 0 aromatic heterocycles. The predicted molar refractivity (Wildman–Crippen MR) is 95.9 cm³/mol. The van der Waals surface area contributed by atoms with Gasteiger partial charge in [-0.1, -0.05) is 0 Å². The molecule has 0 bridgehead atoms. The Labute approximate surface area is 155 Å². The van der Waals surface area contributed by atoms with E-state index in [1.165, 1.54) is 0 Å². The largest absolute Gasteiger partial charge is 0.378 e. The van der Waals surface area contributed by atoms with E-state index in [4.69, 9.17) is 4.74 Å². The lowest BCUT2D eigenvalue weighted by atomic mass is 10.2. The van der Waals surface area contributed by atoms with Crippen LogP contribution in [0.4, 0.5) is 0 Å². The summed E-state index contributed by atoms with van der Waals surface area (Å²) < 4.78 is 5.35. The Morgan fingerprint density at radius 2 is 1.83 bits per heavy atom. The Hall–Kier alpha value is -0.600. The smallest absolute Gasteiger partial charge is 0.242 e. The van der Waals surface area contributed by atoms with Gasteiger partial charge in [-0.05, 0) is 19.8 Å². The quantitative estimate of drug-likeness (QED) is 0.693. The molecule has 2 saturated heterocycles. The Bertz CT molecular complexity index is 423. The predicted octanol–water partition coefficient (Wildman–Crippen LogP) is -0.370. The number of rotatable bonds is 4. The van der Waals surface area contributed by atoms with Crippen molar-refractivity contribution in [3.63, 3.8) is 0 Å². The first kappa shape index (κ1) is 21.4. The van der Waals surface area contributed by atoms with Crippen LogP contribution in [0.3, 0.4) is 0 Å². The van der Waals surface area contributed by atoms with Gasteiger partial charge in [0.15, 0.2) is 0 Å². The van der Waals surface area contributed by atoms with E-state index in [1.54, 1.807) is 0 Å². The number of amides is 2. The number of piperazine rings is 1. The van der Waals surface area contributed by atoms with Gasteiger partial charge in [0.05, 0.1) is 19.3 Å². The molecular weight excluding hydrogens is 355 g/mol. The highest BCUT2D eigenvalue weighted by Crippen LogP contribution is 2.19. The summed E-state index contributed by atoms with van der Waals surface area (Å²) >= 11 is 0. The molecular formula is C15H28Cl2N4O3. The standard InChI is InChI=1S/C15H26N4O3.2ClH/c1-11(14(20)17-12-2-3-12)18-5-7-19(8-6-18)15(21)13-10-22-9-4-16-13;;/h11-13,16H,2-10H2,1H3,(H,17,20);2*1H. The SMILES string of the molecule is CC(C(=O)NC1CC1)N1CCN(C(=O)C2COCCN2)CC1.Cl.Cl. The molecule has 2 aliphatic heterocycles. The molecule has 3 aliphatic rings. The number of carbonyl (C=O) groups is 2. The summed E-state index contributed by atoms with van der Waals surface area (Å²) in [5, 5.41) is 6.25. The normalized spacial score (nSPS) is 25.9. The molecule has 0 radical (unpaired) electrons. The molecule has 2 unspecified atom stereocenters. The van der Waals surface area contributed by atoms with Crippen LogP contribution in [0.5, 0.6) is 0 Å². The van der Waals surface area contributed by atoms with Gasteiger partial charge in [-0.2, -0.15) is 0 Å². The van der Waals surface area contributed by atoms with E-state index in [9.17, 15) is 9.59 Å². The van der Waals surface area contributed by atoms with Crippen LogP contribution in [-0.4, -0.2) is 85.7 Å². The average Bonchev–Trinajstić information content (AvgIpc) is 3.38. The van der Waals surface area contributed by atoms with Gasteiger partial charge < -0.3 is 20.3 Å². The average molecular weight is 383 g/mol. The maximum absolute atomic E-state index is 12.4. The van der Waals surface area contributed by atoms with Crippen molar-refractivity contribution in [1.29, 1.82) is 0 Å². The first-order valence-corrected chi connectivity index (χ1v) is 8.29. The summed E-state index contributed by atoms with van der Waals surface area (Å²) in [5.74, 6) is 0.235. The number of morpholine rings is 1. The zero-order valence-corrected chi connectivity index (χ0v) is 15.7. The number of hydrogen-bond donors (Lipinski definition) is 2. The van der Waals surface area contributed by atoms with Gasteiger partial charge in [0.25, 0.3) is 0 Å². The van der Waals surface area contributed by atoms with Crippen molar-refractivity contribution in [3.8, 4) is 0 Å². The van der Waals surface area contributed by atoms with Crippen molar-refractivity contribution in [2.24, 2.45) is 0 Å². The Morgan fingerprint density at radius 3 is 2.38 bits per heavy atom. The first-order valence-electron chi connectivity index (χ1n) is 8.29. The fraction of sp³-hybridized carbons (Fsp3) is 0.867. The van der Waals surface area contributed by atoms with Gasteiger partial charge in [0.1, 0.15) is 6.04 Å². The second-order valence-corrected chi connectivity index (χ2v) is 6.40. The lowest BCUT2D eigenvalue weighted by Crippen LogP contribution is -2.59. The lowest BCUT2D eigenvalue weighted by Gasteiger charge is -2.39. The van der Waals surface area contributed by atoms with Crippen molar-refractivity contribution in [2.45, 2.75) is 37.9 Å². The van der Waals surface area contributed by atoms with Crippen molar-refractivity contribution in [2.75, 3.05) is 45.9 Å². The minimum Gasteiger partial charge on any atom is -0.378 e. The van der Waals surface area contributed by atoms with Crippen LogP contribution >= 0.6 is 24.8 Å². The van der Waals surface area contributed by atoms with E-state index >= 15 is 0 Å². The zero-order chi connectivity index (χ0) is 15.5. The molecule has 2 atom stereocenters. The second kappa shape index (κ2) is 9.77. The number of ether oxygens (including phenoxy) is 1. The summed E-state index contributed by atoms with van der Waals surface area (Å²) in [5.41, 5.74) is 0. The van der Waals surface area contributed by atoms with Crippen molar-refractivity contribution < 1.29 is 14.3 Å². The van der Waals surface area contributed by atoms with E-state index in [2.05, 4.69) is 15.5 Å². The van der Waals surface area contributed by atoms with Gasteiger partial charge in [-0.3, -0.25) is 14.5 Å². The summed E-state index contributed by atoms with van der Waals surface area (Å²) in [7, 11) is 0. The molecule has 2 N–H and O–H groups in total. The van der Waals surface area contributed by atoms with Gasteiger partial charge in [0.2, 0.25) is 11.8 Å². The van der Waals surface area contributed by atoms with E-state index in [1.807, 2.05) is 11.8 Å². The number of carbonyl (C=O) groups excluding carboxylic acids is 2. The Morgan fingerprint density at radius 1 is 1.17 bits per heavy atom. The minimum absolute atomic E-state index is 0. The molecule has 140 valence electrons. The van der Waals surface area contributed by atoms with Crippen LogP contribution < -0.4 is 10.6 Å². The summed E-state index contributed by atoms with van der Waals surface area (Å²) in [6.45, 7) is 6.66. The number of nitrogens with zero attached hydrogens (tertiary/aromatic N) is 2. The summed E-state index contributed by atoms with van der Waals surface area (Å²) in [6, 6.07) is 0.0695. The fourth-order valence-corrected chi connectivity index (χ4v) is 2.99. The van der Waals surface area contributed by atoms with Gasteiger partial charge in [0, 0.05) is 38.8 Å². The molecule has 0 aromatic rings. The zero-order valence-electron chi connectivity index (χ0n) is 14.0. The third kappa shape index (κ3) is 5.46. The molecule has 3 fully saturated rings. The highest BCUT2D eigenvalue weighted by atomic mass is 35.5. The van der Waals surface area contributed by atoms with Crippen LogP contribution in [-0.2, 0) is 14.3 Å². The lowest BCUT2D eigenvalue weighted by molar-refractivity contribution is -0.139. The fourth-order valence-electron chi connectivity index (χ4n) is 2.99.